The average molecular weight is 450 g/mol. The maximum absolute atomic E-state index is 12.3. The molecule has 1 aromatic carbocycles. The van der Waals surface area contributed by atoms with Crippen molar-refractivity contribution >= 4 is 23.4 Å². The molecule has 0 bridgehead atoms. The summed E-state index contributed by atoms with van der Waals surface area (Å²) in [4.78, 5) is 24.5. The normalized spacial score (nSPS) is 15.5. The minimum absolute atomic E-state index is 0.00354. The van der Waals surface area contributed by atoms with Gasteiger partial charge >= 0.3 is 0 Å². The first-order chi connectivity index (χ1) is 15.0. The highest BCUT2D eigenvalue weighted by molar-refractivity contribution is 7.99. The molecule has 1 N–H and O–H groups in total. The number of nitro groups is 1. The minimum Gasteiger partial charge on any atom is -0.491 e. The Kier molecular flexibility index (Phi) is 8.24. The first-order valence-electron chi connectivity index (χ1n) is 10.4. The van der Waals surface area contributed by atoms with Crippen molar-refractivity contribution in [2.75, 3.05) is 18.9 Å². The monoisotopic (exact) mass is 449 g/mol. The maximum atomic E-state index is 12.3. The maximum Gasteiger partial charge on any atom is 0.273 e. The molecule has 1 aliphatic heterocycles. The number of hydrogen-bond acceptors (Lipinski definition) is 8. The Balaban J connectivity index is 1.53. The molecule has 31 heavy (non-hydrogen) atoms. The van der Waals surface area contributed by atoms with E-state index >= 15 is 0 Å². The van der Waals surface area contributed by atoms with E-state index in [0.717, 1.165) is 31.6 Å². The van der Waals surface area contributed by atoms with Crippen LogP contribution in [0.3, 0.4) is 0 Å². The third-order valence-corrected chi connectivity index (χ3v) is 6.10. The summed E-state index contributed by atoms with van der Waals surface area (Å²) < 4.78 is 7.43. The van der Waals surface area contributed by atoms with Gasteiger partial charge in [0, 0.05) is 31.3 Å². The first kappa shape index (κ1) is 23.0. The molecule has 2 aromatic rings. The summed E-state index contributed by atoms with van der Waals surface area (Å²) in [6, 6.07) is 5.85. The van der Waals surface area contributed by atoms with Gasteiger partial charge < -0.3 is 19.3 Å². The van der Waals surface area contributed by atoms with Gasteiger partial charge in [-0.2, -0.15) is 0 Å². The lowest BCUT2D eigenvalue weighted by atomic mass is 10.2. The lowest BCUT2D eigenvalue weighted by molar-refractivity contribution is -0.384. The molecule has 0 spiro atoms. The molecule has 1 aromatic heterocycles. The van der Waals surface area contributed by atoms with Gasteiger partial charge in [-0.05, 0) is 25.8 Å². The predicted molar refractivity (Wildman–Crippen MR) is 115 cm³/mol. The number of aliphatic hydroxyl groups excluding tert-OH is 1. The number of likely N-dealkylation sites (tertiary alicyclic amines) is 1. The van der Waals surface area contributed by atoms with Crippen molar-refractivity contribution in [1.29, 1.82) is 0 Å². The molecule has 0 aliphatic carbocycles. The third kappa shape index (κ3) is 6.41. The molecule has 1 atom stereocenters. The van der Waals surface area contributed by atoms with Crippen molar-refractivity contribution in [3.63, 3.8) is 0 Å². The van der Waals surface area contributed by atoms with E-state index in [1.807, 2.05) is 16.4 Å². The van der Waals surface area contributed by atoms with E-state index in [4.69, 9.17) is 4.74 Å². The van der Waals surface area contributed by atoms with Gasteiger partial charge in [-0.15, -0.1) is 10.2 Å². The lowest BCUT2D eigenvalue weighted by Crippen LogP contribution is -2.31. The molecule has 1 amide bonds. The van der Waals surface area contributed by atoms with Crippen LogP contribution in [0.4, 0.5) is 5.69 Å². The topological polar surface area (TPSA) is 124 Å². The summed E-state index contributed by atoms with van der Waals surface area (Å²) in [6.07, 6.45) is 2.80. The van der Waals surface area contributed by atoms with Crippen molar-refractivity contribution in [2.45, 2.75) is 57.0 Å². The second-order valence-electron chi connectivity index (χ2n) is 7.30. The molecular formula is C20H27N5O5S. The van der Waals surface area contributed by atoms with Gasteiger partial charge in [0.05, 0.1) is 23.6 Å². The Labute approximate surface area is 184 Å². The number of carbonyl (C=O) groups is 1. The fraction of sp³-hybridized carbons (Fsp3) is 0.550. The van der Waals surface area contributed by atoms with Gasteiger partial charge in [-0.1, -0.05) is 24.2 Å². The minimum atomic E-state index is -0.790. The van der Waals surface area contributed by atoms with Gasteiger partial charge in [0.25, 0.3) is 5.69 Å². The molecule has 2 heterocycles. The van der Waals surface area contributed by atoms with Crippen LogP contribution in [0, 0.1) is 10.1 Å². The molecule has 11 heteroatoms. The Hall–Kier alpha value is -2.66. The highest BCUT2D eigenvalue weighted by atomic mass is 32.2. The highest BCUT2D eigenvalue weighted by Crippen LogP contribution is 2.22. The van der Waals surface area contributed by atoms with E-state index in [9.17, 15) is 20.0 Å². The molecular weight excluding hydrogens is 422 g/mol. The average Bonchev–Trinajstić information content (AvgIpc) is 3.04. The van der Waals surface area contributed by atoms with Crippen molar-refractivity contribution in [3.05, 3.63) is 40.2 Å². The summed E-state index contributed by atoms with van der Waals surface area (Å²) >= 11 is 1.36. The lowest BCUT2D eigenvalue weighted by Gasteiger charge is -2.20. The van der Waals surface area contributed by atoms with Crippen molar-refractivity contribution < 1.29 is 19.6 Å². The molecule has 1 fully saturated rings. The van der Waals surface area contributed by atoms with Crippen LogP contribution >= 0.6 is 11.8 Å². The molecule has 0 saturated carbocycles. The van der Waals surface area contributed by atoms with Crippen LogP contribution in [0.2, 0.25) is 0 Å². The predicted octanol–water partition coefficient (Wildman–Crippen LogP) is 2.64. The zero-order chi connectivity index (χ0) is 22.2. The van der Waals surface area contributed by atoms with E-state index in [0.29, 0.717) is 36.2 Å². The Morgan fingerprint density at radius 3 is 2.94 bits per heavy atom. The molecule has 1 saturated heterocycles. The van der Waals surface area contributed by atoms with Crippen molar-refractivity contribution in [2.24, 2.45) is 0 Å². The van der Waals surface area contributed by atoms with Crippen molar-refractivity contribution in [1.82, 2.24) is 19.7 Å². The van der Waals surface area contributed by atoms with Gasteiger partial charge in [0.1, 0.15) is 12.4 Å². The molecule has 168 valence electrons. The Morgan fingerprint density at radius 1 is 1.32 bits per heavy atom. The molecule has 1 aliphatic rings. The van der Waals surface area contributed by atoms with E-state index < -0.39 is 11.0 Å². The van der Waals surface area contributed by atoms with E-state index in [2.05, 4.69) is 10.2 Å². The second kappa shape index (κ2) is 11.1. The second-order valence-corrected chi connectivity index (χ2v) is 8.29. The SMILES string of the molecule is CCn1c(CN2CCCCCC2=O)nnc1SC[C@@H](O)COc1cccc([N+](=O)[O-])c1. The highest BCUT2D eigenvalue weighted by Gasteiger charge is 2.21. The summed E-state index contributed by atoms with van der Waals surface area (Å²) in [5.74, 6) is 1.56. The number of hydrogen-bond donors (Lipinski definition) is 1. The van der Waals surface area contributed by atoms with Crippen molar-refractivity contribution in [3.8, 4) is 5.75 Å². The van der Waals surface area contributed by atoms with Crippen LogP contribution in [0.15, 0.2) is 29.4 Å². The number of nitro benzene ring substituents is 1. The molecule has 0 unspecified atom stereocenters. The van der Waals surface area contributed by atoms with E-state index in [1.165, 1.54) is 30.0 Å². The number of ether oxygens (including phenoxy) is 1. The standard InChI is InChI=1S/C20H27N5O5S/c1-2-24-18(12-23-10-5-3-4-9-19(23)27)21-22-20(24)31-14-16(26)13-30-17-8-6-7-15(11-17)25(28)29/h6-8,11,16,26H,2-5,9-10,12-14H2,1H3/t16-/m0/s1. The molecule has 0 radical (unpaired) electrons. The fourth-order valence-electron chi connectivity index (χ4n) is 3.33. The largest absolute Gasteiger partial charge is 0.491 e. The van der Waals surface area contributed by atoms with Crippen LogP contribution < -0.4 is 4.74 Å². The van der Waals surface area contributed by atoms with E-state index in [1.54, 1.807) is 6.07 Å². The number of aromatic nitrogens is 3. The molecule has 3 rings (SSSR count). The zero-order valence-electron chi connectivity index (χ0n) is 17.5. The fourth-order valence-corrected chi connectivity index (χ4v) is 4.26. The van der Waals surface area contributed by atoms with Gasteiger partial charge in [-0.25, -0.2) is 0 Å². The van der Waals surface area contributed by atoms with Crippen LogP contribution in [-0.4, -0.2) is 60.6 Å². The number of aliphatic hydroxyl groups is 1. The number of thioether (sulfide) groups is 1. The quantitative estimate of drug-likeness (QED) is 0.333. The number of rotatable bonds is 10. The number of benzene rings is 1. The smallest absolute Gasteiger partial charge is 0.273 e. The Morgan fingerprint density at radius 2 is 2.16 bits per heavy atom. The van der Waals surface area contributed by atoms with Crippen LogP contribution in [0.1, 0.15) is 38.4 Å². The van der Waals surface area contributed by atoms with E-state index in [-0.39, 0.29) is 18.2 Å². The summed E-state index contributed by atoms with van der Waals surface area (Å²) in [5, 5.41) is 30.3. The van der Waals surface area contributed by atoms with Crippen LogP contribution in [0.25, 0.3) is 0 Å². The van der Waals surface area contributed by atoms with Gasteiger partial charge in [0.2, 0.25) is 5.91 Å². The number of amides is 1. The Bertz CT molecular complexity index is 906. The summed E-state index contributed by atoms with van der Waals surface area (Å²) in [5.41, 5.74) is -0.0622. The van der Waals surface area contributed by atoms with Crippen LogP contribution in [0.5, 0.6) is 5.75 Å². The van der Waals surface area contributed by atoms with Gasteiger partial charge in [-0.3, -0.25) is 14.9 Å². The molecule has 10 nitrogen and oxygen atoms in total. The number of nitrogens with zero attached hydrogens (tertiary/aromatic N) is 5. The zero-order valence-corrected chi connectivity index (χ0v) is 18.3. The first-order valence-corrected chi connectivity index (χ1v) is 11.3. The number of non-ortho nitro benzene ring substituents is 1. The van der Waals surface area contributed by atoms with Crippen LogP contribution in [-0.2, 0) is 17.9 Å². The third-order valence-electron chi connectivity index (χ3n) is 4.99. The number of carbonyl (C=O) groups excluding carboxylic acids is 1. The summed E-state index contributed by atoms with van der Waals surface area (Å²) in [7, 11) is 0. The summed E-state index contributed by atoms with van der Waals surface area (Å²) in [6.45, 7) is 3.84. The van der Waals surface area contributed by atoms with Gasteiger partial charge in [0.15, 0.2) is 11.0 Å².